The molecule has 0 fully saturated rings. The van der Waals surface area contributed by atoms with Crippen molar-refractivity contribution in [3.63, 3.8) is 0 Å². The van der Waals surface area contributed by atoms with E-state index >= 15 is 0 Å². The summed E-state index contributed by atoms with van der Waals surface area (Å²) >= 11 is 0. The monoisotopic (exact) mass is 880 g/mol. The summed E-state index contributed by atoms with van der Waals surface area (Å²) in [4.78, 5) is 17.3. The van der Waals surface area contributed by atoms with E-state index in [9.17, 15) is 0 Å². The molecule has 5 aromatic heterocycles. The van der Waals surface area contributed by atoms with E-state index in [1.165, 1.54) is 0 Å². The normalized spacial score (nSPS) is 11.8. The van der Waals surface area contributed by atoms with Gasteiger partial charge in [0.25, 0.3) is 0 Å². The van der Waals surface area contributed by atoms with Crippen LogP contribution in [-0.2, 0) is 0 Å². The highest BCUT2D eigenvalue weighted by molar-refractivity contribution is 6.14. The van der Waals surface area contributed by atoms with E-state index in [2.05, 4.69) is 250 Å². The molecule has 6 nitrogen and oxygen atoms in total. The van der Waals surface area contributed by atoms with Gasteiger partial charge >= 0.3 is 0 Å². The van der Waals surface area contributed by atoms with E-state index < -0.39 is 0 Å². The van der Waals surface area contributed by atoms with Gasteiger partial charge in [0.1, 0.15) is 5.69 Å². The van der Waals surface area contributed by atoms with Crippen molar-refractivity contribution < 1.29 is 0 Å². The molecule has 0 saturated carbocycles. The molecule has 0 N–H and O–H groups in total. The second-order valence-corrected chi connectivity index (χ2v) is 17.5. The number of hydrogen-bond acceptors (Lipinski definition) is 3. The van der Waals surface area contributed by atoms with Crippen LogP contribution in [0.5, 0.6) is 0 Å². The van der Waals surface area contributed by atoms with Crippen molar-refractivity contribution in [1.82, 2.24) is 28.7 Å². The summed E-state index contributed by atoms with van der Waals surface area (Å²) in [6.07, 6.45) is 0. The Kier molecular flexibility index (Phi) is 8.79. The van der Waals surface area contributed by atoms with Gasteiger partial charge in [-0.05, 0) is 42.5 Å². The van der Waals surface area contributed by atoms with Crippen LogP contribution < -0.4 is 0 Å². The molecule has 0 amide bonds. The average molecular weight is 881 g/mol. The van der Waals surface area contributed by atoms with Crippen molar-refractivity contribution in [2.24, 2.45) is 0 Å². The van der Waals surface area contributed by atoms with E-state index in [1.54, 1.807) is 0 Å². The van der Waals surface area contributed by atoms with Gasteiger partial charge in [0.15, 0.2) is 11.6 Å². The molecule has 0 unspecified atom stereocenters. The fraction of sp³-hybridized carbons (Fsp3) is 0. The Morgan fingerprint density at radius 3 is 1.03 bits per heavy atom. The molecule has 14 aromatic rings. The smallest absolute Gasteiger partial charge is 0.163 e. The first-order valence-corrected chi connectivity index (χ1v) is 23.4. The number of para-hydroxylation sites is 6. The Hall–Kier alpha value is -9.39. The number of hydrogen-bond donors (Lipinski definition) is 0. The average Bonchev–Trinajstić information content (AvgIpc) is 4.07. The summed E-state index contributed by atoms with van der Waals surface area (Å²) in [6, 6.07) is 86.1. The summed E-state index contributed by atoms with van der Waals surface area (Å²) in [5.41, 5.74) is 14.4. The van der Waals surface area contributed by atoms with E-state index in [0.717, 1.165) is 122 Å². The zero-order chi connectivity index (χ0) is 45.4. The number of benzene rings is 9. The molecule has 0 spiro atoms. The van der Waals surface area contributed by atoms with Crippen LogP contribution in [0.15, 0.2) is 243 Å². The molecule has 0 radical (unpaired) electrons. The maximum atomic E-state index is 6.15. The van der Waals surface area contributed by atoms with Crippen molar-refractivity contribution in [2.45, 2.75) is 0 Å². The first-order valence-electron chi connectivity index (χ1n) is 23.4. The maximum Gasteiger partial charge on any atom is 0.163 e. The molecule has 0 aliphatic heterocycles. The second kappa shape index (κ2) is 15.6. The molecule has 6 heteroatoms. The van der Waals surface area contributed by atoms with Gasteiger partial charge in [-0.2, -0.15) is 0 Å². The lowest BCUT2D eigenvalue weighted by Gasteiger charge is -2.26. The number of pyridine rings is 1. The standard InChI is InChI=1S/C63H40N6/c1-4-22-41(23-5-1)50-40-51(65-62(64-50)43-26-8-3-9-27-43)58-60(67-52-34-16-10-28-44(52)45-29-11-17-35-53(45)67)59(42-24-6-2-7-25-42)66-63(69-56-38-20-14-32-48(56)49-33-15-21-39-57(49)69)61(58)68-54-36-18-12-30-46(54)47-31-13-19-37-55(47)68/h1-40H. The lowest BCUT2D eigenvalue weighted by molar-refractivity contribution is 1.01. The predicted molar refractivity (Wildman–Crippen MR) is 285 cm³/mol. The second-order valence-electron chi connectivity index (χ2n) is 17.5. The van der Waals surface area contributed by atoms with Gasteiger partial charge in [0.2, 0.25) is 0 Å². The van der Waals surface area contributed by atoms with E-state index in [4.69, 9.17) is 15.0 Å². The molecular weight excluding hydrogens is 841 g/mol. The van der Waals surface area contributed by atoms with Gasteiger partial charge < -0.3 is 9.13 Å². The molecule has 0 bridgehead atoms. The Morgan fingerprint density at radius 1 is 0.261 bits per heavy atom. The highest BCUT2D eigenvalue weighted by atomic mass is 15.2. The SMILES string of the molecule is c1ccc(-c2cc(-c3c(-n4c5ccccc5c5ccccc54)c(-c4ccccc4)nc(-n4c5ccccc5c5ccccc54)c3-n3c4ccccc4c4ccccc43)nc(-c3ccccc3)n2)cc1. The van der Waals surface area contributed by atoms with Crippen LogP contribution >= 0.6 is 0 Å². The number of nitrogens with zero attached hydrogens (tertiary/aromatic N) is 6. The zero-order valence-electron chi connectivity index (χ0n) is 37.3. The molecule has 0 aliphatic carbocycles. The third-order valence-corrected chi connectivity index (χ3v) is 13.7. The fourth-order valence-electron chi connectivity index (χ4n) is 10.7. The van der Waals surface area contributed by atoms with Crippen LogP contribution in [0.1, 0.15) is 0 Å². The minimum atomic E-state index is 0.629. The van der Waals surface area contributed by atoms with E-state index in [-0.39, 0.29) is 0 Å². The van der Waals surface area contributed by atoms with Gasteiger partial charge in [0, 0.05) is 49.0 Å². The fourth-order valence-corrected chi connectivity index (χ4v) is 10.7. The van der Waals surface area contributed by atoms with E-state index in [1.807, 2.05) is 6.07 Å². The third-order valence-electron chi connectivity index (χ3n) is 13.7. The highest BCUT2D eigenvalue weighted by Crippen LogP contribution is 2.49. The number of rotatable bonds is 7. The van der Waals surface area contributed by atoms with Gasteiger partial charge in [-0.15, -0.1) is 0 Å². The summed E-state index contributed by atoms with van der Waals surface area (Å²) in [6.45, 7) is 0. The first-order chi connectivity index (χ1) is 34.3. The summed E-state index contributed by atoms with van der Waals surface area (Å²) in [5.74, 6) is 1.41. The lowest BCUT2D eigenvalue weighted by atomic mass is 9.98. The topological polar surface area (TPSA) is 53.5 Å². The Bertz CT molecular complexity index is 4080. The van der Waals surface area contributed by atoms with Crippen LogP contribution in [0.2, 0.25) is 0 Å². The van der Waals surface area contributed by atoms with Crippen LogP contribution in [-0.4, -0.2) is 28.7 Å². The van der Waals surface area contributed by atoms with Gasteiger partial charge in [0.05, 0.1) is 61.4 Å². The van der Waals surface area contributed by atoms with Crippen LogP contribution in [0.4, 0.5) is 0 Å². The molecule has 0 aliphatic rings. The van der Waals surface area contributed by atoms with Crippen LogP contribution in [0, 0.1) is 0 Å². The van der Waals surface area contributed by atoms with Crippen molar-refractivity contribution >= 4 is 65.4 Å². The summed E-state index contributed by atoms with van der Waals surface area (Å²) in [5, 5.41) is 6.90. The molecule has 5 heterocycles. The Balaban J connectivity index is 1.30. The quantitative estimate of drug-likeness (QED) is 0.160. The molecule has 0 atom stereocenters. The predicted octanol–water partition coefficient (Wildman–Crippen LogP) is 15.8. The molecule has 9 aromatic carbocycles. The summed E-state index contributed by atoms with van der Waals surface area (Å²) < 4.78 is 7.27. The lowest BCUT2D eigenvalue weighted by Crippen LogP contribution is -2.14. The van der Waals surface area contributed by atoms with Gasteiger partial charge in [-0.3, -0.25) is 4.57 Å². The minimum Gasteiger partial charge on any atom is -0.306 e. The van der Waals surface area contributed by atoms with Gasteiger partial charge in [-0.1, -0.05) is 200 Å². The third kappa shape index (κ3) is 6.02. The largest absolute Gasteiger partial charge is 0.306 e. The van der Waals surface area contributed by atoms with Crippen LogP contribution in [0.25, 0.3) is 128 Å². The van der Waals surface area contributed by atoms with E-state index in [0.29, 0.717) is 5.82 Å². The maximum absolute atomic E-state index is 6.15. The van der Waals surface area contributed by atoms with Crippen molar-refractivity contribution in [3.8, 4) is 62.4 Å². The number of fused-ring (bicyclic) bond motifs is 9. The molecule has 14 rings (SSSR count). The van der Waals surface area contributed by atoms with Crippen molar-refractivity contribution in [2.75, 3.05) is 0 Å². The molecule has 0 saturated heterocycles. The molecular formula is C63H40N6. The van der Waals surface area contributed by atoms with Gasteiger partial charge in [-0.25, -0.2) is 15.0 Å². The molecule has 69 heavy (non-hydrogen) atoms. The first kappa shape index (κ1) is 38.8. The Morgan fingerprint density at radius 2 is 0.594 bits per heavy atom. The zero-order valence-corrected chi connectivity index (χ0v) is 37.3. The van der Waals surface area contributed by atoms with Crippen molar-refractivity contribution in [3.05, 3.63) is 243 Å². The minimum absolute atomic E-state index is 0.629. The summed E-state index contributed by atoms with van der Waals surface area (Å²) in [7, 11) is 0. The number of aromatic nitrogens is 6. The molecule has 322 valence electrons. The Labute approximate surface area is 397 Å². The highest BCUT2D eigenvalue weighted by Gasteiger charge is 2.32. The van der Waals surface area contributed by atoms with Crippen LogP contribution in [0.3, 0.4) is 0 Å². The van der Waals surface area contributed by atoms with Crippen molar-refractivity contribution in [1.29, 1.82) is 0 Å².